The second-order valence-corrected chi connectivity index (χ2v) is 3.66. The van der Waals surface area contributed by atoms with Gasteiger partial charge < -0.3 is 10.4 Å². The molecule has 1 aromatic carbocycles. The van der Waals surface area contributed by atoms with Crippen LogP contribution in [0, 0.1) is 0 Å². The number of aromatic amines is 1. The van der Waals surface area contributed by atoms with E-state index in [4.69, 9.17) is 16.7 Å². The Balaban J connectivity index is 2.32. The quantitative estimate of drug-likeness (QED) is 0.778. The third-order valence-corrected chi connectivity index (χ3v) is 2.42. The zero-order chi connectivity index (χ0) is 13.1. The number of benzene rings is 1. The van der Waals surface area contributed by atoms with Gasteiger partial charge in [-0.3, -0.25) is 9.89 Å². The molecule has 0 aliphatic carbocycles. The second-order valence-electron chi connectivity index (χ2n) is 3.26. The van der Waals surface area contributed by atoms with Crippen LogP contribution in [0.1, 0.15) is 21.0 Å². The zero-order valence-electron chi connectivity index (χ0n) is 8.85. The predicted molar refractivity (Wildman–Crippen MR) is 62.7 cm³/mol. The highest BCUT2D eigenvalue weighted by molar-refractivity contribution is 6.34. The van der Waals surface area contributed by atoms with Gasteiger partial charge in [-0.05, 0) is 12.1 Å². The first-order valence-electron chi connectivity index (χ1n) is 4.78. The standard InChI is InChI=1S/C10H7ClN4O3/c11-5-2-1-3-6(7(5)10(17)18)14-9(16)8-12-4-13-15-8/h1-4H,(H,14,16)(H,17,18)(H,12,13,15). The maximum Gasteiger partial charge on any atom is 0.339 e. The van der Waals surface area contributed by atoms with E-state index in [-0.39, 0.29) is 22.1 Å². The maximum atomic E-state index is 11.7. The van der Waals surface area contributed by atoms with Crippen molar-refractivity contribution in [1.82, 2.24) is 15.2 Å². The van der Waals surface area contributed by atoms with Gasteiger partial charge in [0.25, 0.3) is 5.91 Å². The lowest BCUT2D eigenvalue weighted by molar-refractivity contribution is 0.0698. The van der Waals surface area contributed by atoms with E-state index in [2.05, 4.69) is 20.5 Å². The van der Waals surface area contributed by atoms with Gasteiger partial charge >= 0.3 is 5.97 Å². The molecule has 0 fully saturated rings. The number of hydrogen-bond donors (Lipinski definition) is 3. The number of nitrogens with one attached hydrogen (secondary N) is 2. The molecule has 0 saturated heterocycles. The molecule has 2 aromatic rings. The van der Waals surface area contributed by atoms with Crippen LogP contribution in [0.25, 0.3) is 0 Å². The average molecular weight is 267 g/mol. The number of nitrogens with zero attached hydrogens (tertiary/aromatic N) is 2. The summed E-state index contributed by atoms with van der Waals surface area (Å²) >= 11 is 5.76. The number of carbonyl (C=O) groups excluding carboxylic acids is 1. The maximum absolute atomic E-state index is 11.7. The number of carboxylic acid groups (broad SMARTS) is 1. The average Bonchev–Trinajstić information content (AvgIpc) is 2.81. The van der Waals surface area contributed by atoms with Crippen molar-refractivity contribution < 1.29 is 14.7 Å². The fourth-order valence-electron chi connectivity index (χ4n) is 1.34. The van der Waals surface area contributed by atoms with Gasteiger partial charge in [0, 0.05) is 0 Å². The number of carbonyl (C=O) groups is 2. The molecule has 0 bridgehead atoms. The highest BCUT2D eigenvalue weighted by Crippen LogP contribution is 2.24. The minimum Gasteiger partial charge on any atom is -0.478 e. The second kappa shape index (κ2) is 4.84. The molecule has 1 amide bonds. The Kier molecular flexibility index (Phi) is 3.24. The van der Waals surface area contributed by atoms with E-state index in [1.165, 1.54) is 24.5 Å². The van der Waals surface area contributed by atoms with Crippen LogP contribution in [0.5, 0.6) is 0 Å². The zero-order valence-corrected chi connectivity index (χ0v) is 9.60. The Hall–Kier alpha value is -2.41. The Morgan fingerprint density at radius 3 is 2.78 bits per heavy atom. The van der Waals surface area contributed by atoms with Crippen LogP contribution in [-0.4, -0.2) is 32.2 Å². The number of H-pyrrole nitrogens is 1. The first-order valence-corrected chi connectivity index (χ1v) is 5.16. The van der Waals surface area contributed by atoms with E-state index in [0.717, 1.165) is 0 Å². The smallest absolute Gasteiger partial charge is 0.339 e. The van der Waals surface area contributed by atoms with Crippen LogP contribution in [0.3, 0.4) is 0 Å². The molecule has 0 atom stereocenters. The van der Waals surface area contributed by atoms with Crippen LogP contribution in [-0.2, 0) is 0 Å². The van der Waals surface area contributed by atoms with Gasteiger partial charge in [0.2, 0.25) is 5.82 Å². The van der Waals surface area contributed by atoms with Crippen LogP contribution in [0.15, 0.2) is 24.5 Å². The predicted octanol–water partition coefficient (Wildman–Crippen LogP) is 1.41. The van der Waals surface area contributed by atoms with E-state index in [1.807, 2.05) is 0 Å². The number of halogens is 1. The van der Waals surface area contributed by atoms with Crippen molar-refractivity contribution in [2.24, 2.45) is 0 Å². The van der Waals surface area contributed by atoms with Crippen LogP contribution in [0.4, 0.5) is 5.69 Å². The molecule has 0 saturated carbocycles. The number of hydrogen-bond acceptors (Lipinski definition) is 4. The highest BCUT2D eigenvalue weighted by atomic mass is 35.5. The van der Waals surface area contributed by atoms with Gasteiger partial charge in [-0.2, -0.15) is 5.10 Å². The summed E-state index contributed by atoms with van der Waals surface area (Å²) in [7, 11) is 0. The lowest BCUT2D eigenvalue weighted by Gasteiger charge is -2.08. The summed E-state index contributed by atoms with van der Waals surface area (Å²) in [5, 5.41) is 17.3. The summed E-state index contributed by atoms with van der Waals surface area (Å²) in [6, 6.07) is 4.39. The molecule has 0 aliphatic heterocycles. The molecule has 1 aromatic heterocycles. The molecular weight excluding hydrogens is 260 g/mol. The fraction of sp³-hybridized carbons (Fsp3) is 0. The van der Waals surface area contributed by atoms with Gasteiger partial charge in [0.05, 0.1) is 10.7 Å². The topological polar surface area (TPSA) is 108 Å². The molecule has 0 unspecified atom stereocenters. The van der Waals surface area contributed by atoms with E-state index >= 15 is 0 Å². The van der Waals surface area contributed by atoms with Crippen molar-refractivity contribution in [2.45, 2.75) is 0 Å². The third-order valence-electron chi connectivity index (χ3n) is 2.11. The summed E-state index contributed by atoms with van der Waals surface area (Å²) in [5.41, 5.74) is -0.0802. The van der Waals surface area contributed by atoms with E-state index in [0.29, 0.717) is 0 Å². The van der Waals surface area contributed by atoms with Crippen molar-refractivity contribution in [3.05, 3.63) is 40.9 Å². The first-order chi connectivity index (χ1) is 8.59. The number of carboxylic acids is 1. The molecule has 0 spiro atoms. The Morgan fingerprint density at radius 2 is 2.17 bits per heavy atom. The minimum absolute atomic E-state index is 0.0219. The molecule has 2 rings (SSSR count). The number of aromatic carboxylic acids is 1. The van der Waals surface area contributed by atoms with Crippen molar-refractivity contribution in [3.63, 3.8) is 0 Å². The third kappa shape index (κ3) is 2.30. The van der Waals surface area contributed by atoms with Gasteiger partial charge in [-0.15, -0.1) is 0 Å². The molecule has 1 heterocycles. The monoisotopic (exact) mass is 266 g/mol. The van der Waals surface area contributed by atoms with E-state index in [1.54, 1.807) is 0 Å². The lowest BCUT2D eigenvalue weighted by Crippen LogP contribution is -2.16. The Morgan fingerprint density at radius 1 is 1.39 bits per heavy atom. The largest absolute Gasteiger partial charge is 0.478 e. The first kappa shape index (κ1) is 12.1. The fourth-order valence-corrected chi connectivity index (χ4v) is 1.60. The number of rotatable bonds is 3. The number of aromatic nitrogens is 3. The summed E-state index contributed by atoms with van der Waals surface area (Å²) in [5.74, 6) is -1.85. The summed E-state index contributed by atoms with van der Waals surface area (Å²) in [6.07, 6.45) is 1.17. The summed E-state index contributed by atoms with van der Waals surface area (Å²) in [4.78, 5) is 26.4. The van der Waals surface area contributed by atoms with Crippen LogP contribution >= 0.6 is 11.6 Å². The number of anilines is 1. The van der Waals surface area contributed by atoms with Crippen molar-refractivity contribution in [3.8, 4) is 0 Å². The molecular formula is C10H7ClN4O3. The van der Waals surface area contributed by atoms with E-state index in [9.17, 15) is 9.59 Å². The van der Waals surface area contributed by atoms with Gasteiger partial charge in [-0.1, -0.05) is 17.7 Å². The van der Waals surface area contributed by atoms with Crippen LogP contribution in [0.2, 0.25) is 5.02 Å². The van der Waals surface area contributed by atoms with Crippen molar-refractivity contribution in [2.75, 3.05) is 5.32 Å². The molecule has 0 aliphatic rings. The van der Waals surface area contributed by atoms with Crippen molar-refractivity contribution in [1.29, 1.82) is 0 Å². The molecule has 92 valence electrons. The van der Waals surface area contributed by atoms with Gasteiger partial charge in [0.15, 0.2) is 0 Å². The molecule has 7 nitrogen and oxygen atoms in total. The lowest BCUT2D eigenvalue weighted by atomic mass is 10.1. The van der Waals surface area contributed by atoms with Crippen LogP contribution < -0.4 is 5.32 Å². The summed E-state index contributed by atoms with van der Waals surface area (Å²) in [6.45, 7) is 0. The molecule has 3 N–H and O–H groups in total. The summed E-state index contributed by atoms with van der Waals surface area (Å²) < 4.78 is 0. The molecule has 18 heavy (non-hydrogen) atoms. The molecule has 8 heteroatoms. The van der Waals surface area contributed by atoms with E-state index < -0.39 is 11.9 Å². The van der Waals surface area contributed by atoms with Gasteiger partial charge in [-0.25, -0.2) is 9.78 Å². The number of amides is 1. The highest BCUT2D eigenvalue weighted by Gasteiger charge is 2.17. The van der Waals surface area contributed by atoms with Gasteiger partial charge in [0.1, 0.15) is 11.9 Å². The SMILES string of the molecule is O=C(Nc1cccc(Cl)c1C(=O)O)c1ncn[nH]1. The molecule has 0 radical (unpaired) electrons. The minimum atomic E-state index is -1.23. The Labute approximate surface area is 106 Å². The van der Waals surface area contributed by atoms with Crippen molar-refractivity contribution >= 4 is 29.2 Å². The Bertz CT molecular complexity index is 597. The normalized spacial score (nSPS) is 10.1.